The molecule has 26 heavy (non-hydrogen) atoms. The van der Waals surface area contributed by atoms with Gasteiger partial charge in [0.05, 0.1) is 17.9 Å². The molecular weight excluding hydrogens is 398 g/mol. The van der Waals surface area contributed by atoms with E-state index in [2.05, 4.69) is 26.1 Å². The lowest BCUT2D eigenvalue weighted by Gasteiger charge is -2.05. The number of aromatic amines is 1. The molecule has 0 radical (unpaired) electrons. The molecule has 2 aliphatic heterocycles. The molecule has 1 aromatic heterocycles. The van der Waals surface area contributed by atoms with Gasteiger partial charge in [0, 0.05) is 20.9 Å². The van der Waals surface area contributed by atoms with Crippen LogP contribution in [0.4, 0.5) is 5.69 Å². The van der Waals surface area contributed by atoms with Crippen molar-refractivity contribution < 1.29 is 14.7 Å². The molecule has 2 aromatic carbocycles. The maximum Gasteiger partial charge on any atom is 0.199 e. The Morgan fingerprint density at radius 3 is 3.00 bits per heavy atom. The van der Waals surface area contributed by atoms with E-state index in [0.29, 0.717) is 30.2 Å². The minimum atomic E-state index is 0.0649. The second kappa shape index (κ2) is 5.96. The fraction of sp³-hybridized carbons (Fsp3) is 0.158. The standard InChI is InChI=1S/C19H14BrN3O3/c20-10-5-6-13-15(7-10)21-18(17(13)23-26-9-11-8-25-11)16-12-3-1-2-4-14(12)22-19(16)24/h1-7,11,22,24H,8-9H2/b23-17+. The van der Waals surface area contributed by atoms with Crippen LogP contribution in [0.1, 0.15) is 11.1 Å². The smallest absolute Gasteiger partial charge is 0.199 e. The number of nitrogens with zero attached hydrogens (tertiary/aromatic N) is 2. The number of oxime groups is 1. The molecule has 6 nitrogen and oxygen atoms in total. The Morgan fingerprint density at radius 1 is 1.31 bits per heavy atom. The van der Waals surface area contributed by atoms with Gasteiger partial charge < -0.3 is 19.7 Å². The second-order valence-corrected chi connectivity index (χ2v) is 7.12. The van der Waals surface area contributed by atoms with E-state index < -0.39 is 0 Å². The molecule has 130 valence electrons. The summed E-state index contributed by atoms with van der Waals surface area (Å²) in [6.07, 6.45) is 0.118. The van der Waals surface area contributed by atoms with Gasteiger partial charge in [-0.15, -0.1) is 0 Å². The summed E-state index contributed by atoms with van der Waals surface area (Å²) < 4.78 is 6.09. The highest BCUT2D eigenvalue weighted by molar-refractivity contribution is 9.10. The van der Waals surface area contributed by atoms with Crippen molar-refractivity contribution in [3.05, 3.63) is 58.1 Å². The minimum absolute atomic E-state index is 0.0649. The molecule has 5 rings (SSSR count). The van der Waals surface area contributed by atoms with Crippen LogP contribution in [-0.4, -0.2) is 40.8 Å². The minimum Gasteiger partial charge on any atom is -0.494 e. The van der Waals surface area contributed by atoms with E-state index in [4.69, 9.17) is 14.6 Å². The molecule has 2 aliphatic rings. The molecule has 0 amide bonds. The lowest BCUT2D eigenvalue weighted by atomic mass is 10.0. The van der Waals surface area contributed by atoms with E-state index in [1.165, 1.54) is 0 Å². The summed E-state index contributed by atoms with van der Waals surface area (Å²) in [5, 5.41) is 15.7. The third-order valence-electron chi connectivity index (χ3n) is 4.41. The monoisotopic (exact) mass is 411 g/mol. The number of fused-ring (bicyclic) bond motifs is 2. The lowest BCUT2D eigenvalue weighted by molar-refractivity contribution is 0.125. The van der Waals surface area contributed by atoms with Gasteiger partial charge in [0.2, 0.25) is 0 Å². The molecule has 2 N–H and O–H groups in total. The van der Waals surface area contributed by atoms with Gasteiger partial charge in [-0.2, -0.15) is 0 Å². The zero-order valence-electron chi connectivity index (χ0n) is 13.6. The van der Waals surface area contributed by atoms with Crippen molar-refractivity contribution in [3.63, 3.8) is 0 Å². The van der Waals surface area contributed by atoms with Gasteiger partial charge in [0.1, 0.15) is 24.1 Å². The highest BCUT2D eigenvalue weighted by atomic mass is 79.9. The van der Waals surface area contributed by atoms with Crippen LogP contribution in [0.15, 0.2) is 57.1 Å². The normalized spacial score (nSPS) is 19.7. The van der Waals surface area contributed by atoms with E-state index in [9.17, 15) is 5.11 Å². The number of aromatic hydroxyl groups is 1. The predicted octanol–water partition coefficient (Wildman–Crippen LogP) is 3.89. The van der Waals surface area contributed by atoms with Crippen molar-refractivity contribution in [2.45, 2.75) is 6.10 Å². The molecule has 3 aromatic rings. The van der Waals surface area contributed by atoms with Crippen LogP contribution in [0.3, 0.4) is 0 Å². The van der Waals surface area contributed by atoms with Gasteiger partial charge in [-0.25, -0.2) is 4.99 Å². The Hall–Kier alpha value is -2.64. The van der Waals surface area contributed by atoms with E-state index in [1.807, 2.05) is 42.5 Å². The molecule has 0 saturated carbocycles. The summed E-state index contributed by atoms with van der Waals surface area (Å²) in [4.78, 5) is 13.2. The first-order chi connectivity index (χ1) is 12.7. The fourth-order valence-corrected chi connectivity index (χ4v) is 3.43. The van der Waals surface area contributed by atoms with Crippen molar-refractivity contribution in [2.75, 3.05) is 13.2 Å². The molecular formula is C19H14BrN3O3. The maximum absolute atomic E-state index is 10.5. The van der Waals surface area contributed by atoms with Crippen LogP contribution >= 0.6 is 15.9 Å². The summed E-state index contributed by atoms with van der Waals surface area (Å²) in [6, 6.07) is 13.5. The Labute approximate surface area is 157 Å². The summed E-state index contributed by atoms with van der Waals surface area (Å²) >= 11 is 3.48. The Morgan fingerprint density at radius 2 is 2.15 bits per heavy atom. The zero-order chi connectivity index (χ0) is 17.7. The van der Waals surface area contributed by atoms with E-state index in [1.54, 1.807) is 0 Å². The van der Waals surface area contributed by atoms with Crippen LogP contribution in [0.5, 0.6) is 5.88 Å². The van der Waals surface area contributed by atoms with Gasteiger partial charge in [-0.3, -0.25) is 0 Å². The quantitative estimate of drug-likeness (QED) is 0.504. The summed E-state index contributed by atoms with van der Waals surface area (Å²) in [6.45, 7) is 1.11. The molecule has 1 unspecified atom stereocenters. The second-order valence-electron chi connectivity index (χ2n) is 6.21. The van der Waals surface area contributed by atoms with E-state index >= 15 is 0 Å². The summed E-state index contributed by atoms with van der Waals surface area (Å²) in [5.74, 6) is 0.0649. The van der Waals surface area contributed by atoms with Crippen LogP contribution < -0.4 is 0 Å². The average molecular weight is 412 g/mol. The summed E-state index contributed by atoms with van der Waals surface area (Å²) in [5.41, 5.74) is 4.30. The largest absolute Gasteiger partial charge is 0.494 e. The number of para-hydroxylation sites is 1. The number of epoxide rings is 1. The molecule has 0 bridgehead atoms. The lowest BCUT2D eigenvalue weighted by Crippen LogP contribution is -2.14. The number of nitrogens with one attached hydrogen (secondary N) is 1. The topological polar surface area (TPSA) is 82.5 Å². The molecule has 0 aliphatic carbocycles. The number of halogens is 1. The first kappa shape index (κ1) is 15.6. The van der Waals surface area contributed by atoms with Crippen molar-refractivity contribution in [1.29, 1.82) is 0 Å². The van der Waals surface area contributed by atoms with Gasteiger partial charge >= 0.3 is 0 Å². The third kappa shape index (κ3) is 2.60. The van der Waals surface area contributed by atoms with Gasteiger partial charge in [-0.1, -0.05) is 39.3 Å². The number of aliphatic imine (C=N–C) groups is 1. The maximum atomic E-state index is 10.5. The molecule has 3 heterocycles. The SMILES string of the molecule is Oc1[nH]c2ccccc2c1C1=Nc2cc(Br)ccc2/C1=N\OCC1CO1. The van der Waals surface area contributed by atoms with Crippen LogP contribution in [0, 0.1) is 0 Å². The summed E-state index contributed by atoms with van der Waals surface area (Å²) in [7, 11) is 0. The fourth-order valence-electron chi connectivity index (χ4n) is 3.08. The highest BCUT2D eigenvalue weighted by Gasteiger charge is 2.30. The number of aromatic nitrogens is 1. The van der Waals surface area contributed by atoms with Crippen LogP contribution in [0.25, 0.3) is 10.9 Å². The van der Waals surface area contributed by atoms with Crippen molar-refractivity contribution in [3.8, 4) is 5.88 Å². The Bertz CT molecular complexity index is 1080. The van der Waals surface area contributed by atoms with Gasteiger partial charge in [-0.05, 0) is 24.3 Å². The van der Waals surface area contributed by atoms with Crippen molar-refractivity contribution >= 4 is 43.9 Å². The van der Waals surface area contributed by atoms with E-state index in [0.717, 1.165) is 26.6 Å². The Balaban J connectivity index is 1.65. The number of H-pyrrole nitrogens is 1. The number of benzene rings is 2. The van der Waals surface area contributed by atoms with Gasteiger partial charge in [0.25, 0.3) is 0 Å². The number of hydrogen-bond donors (Lipinski definition) is 2. The van der Waals surface area contributed by atoms with Crippen molar-refractivity contribution in [2.24, 2.45) is 10.1 Å². The third-order valence-corrected chi connectivity index (χ3v) is 4.91. The first-order valence-corrected chi connectivity index (χ1v) is 9.00. The molecule has 1 fully saturated rings. The molecule has 1 saturated heterocycles. The number of ether oxygens (including phenoxy) is 1. The Kier molecular flexibility index (Phi) is 3.58. The zero-order valence-corrected chi connectivity index (χ0v) is 15.2. The first-order valence-electron chi connectivity index (χ1n) is 8.21. The highest BCUT2D eigenvalue weighted by Crippen LogP contribution is 2.37. The average Bonchev–Trinajstić information content (AvgIpc) is 3.30. The predicted molar refractivity (Wildman–Crippen MR) is 103 cm³/mol. The number of hydrogen-bond acceptors (Lipinski definition) is 5. The van der Waals surface area contributed by atoms with E-state index in [-0.39, 0.29) is 12.0 Å². The van der Waals surface area contributed by atoms with Gasteiger partial charge in [0.15, 0.2) is 5.88 Å². The van der Waals surface area contributed by atoms with Crippen LogP contribution in [-0.2, 0) is 9.57 Å². The number of rotatable bonds is 4. The van der Waals surface area contributed by atoms with Crippen molar-refractivity contribution in [1.82, 2.24) is 4.98 Å². The van der Waals surface area contributed by atoms with Crippen LogP contribution in [0.2, 0.25) is 0 Å². The molecule has 1 atom stereocenters. The molecule has 0 spiro atoms. The molecule has 7 heteroatoms.